The van der Waals surface area contributed by atoms with Crippen molar-refractivity contribution >= 4 is 11.7 Å². The van der Waals surface area contributed by atoms with Gasteiger partial charge in [0.25, 0.3) is 5.91 Å². The van der Waals surface area contributed by atoms with Crippen molar-refractivity contribution in [3.05, 3.63) is 95.0 Å². The predicted molar refractivity (Wildman–Crippen MR) is 129 cm³/mol. The molecule has 0 unspecified atom stereocenters. The van der Waals surface area contributed by atoms with Crippen molar-refractivity contribution in [3.63, 3.8) is 0 Å². The van der Waals surface area contributed by atoms with Crippen LogP contribution in [0.5, 0.6) is 0 Å². The minimum Gasteiger partial charge on any atom is -0.367 e. The number of anilines is 1. The number of amides is 1. The normalized spacial score (nSPS) is 16.8. The largest absolute Gasteiger partial charge is 0.367 e. The van der Waals surface area contributed by atoms with Gasteiger partial charge in [0, 0.05) is 44.8 Å². The number of halogens is 2. The third-order valence-corrected chi connectivity index (χ3v) is 6.13. The molecule has 6 nitrogen and oxygen atoms in total. The Kier molecular flexibility index (Phi) is 7.37. The molecule has 0 atom stereocenters. The summed E-state index contributed by atoms with van der Waals surface area (Å²) in [5, 5.41) is 6.31. The molecule has 2 aliphatic rings. The summed E-state index contributed by atoms with van der Waals surface area (Å²) in [4.78, 5) is 21.7. The third kappa shape index (κ3) is 5.02. The number of nitrogens with one attached hydrogen (secondary N) is 2. The summed E-state index contributed by atoms with van der Waals surface area (Å²) >= 11 is 0. The summed E-state index contributed by atoms with van der Waals surface area (Å²) in [6, 6.07) is 7.49. The number of carbonyl (C=O) groups excluding carboxylic acids is 1. The Bertz CT molecular complexity index is 1140. The average Bonchev–Trinajstić information content (AvgIpc) is 2.88. The fraction of sp³-hybridized carbons (Fsp3) is 0.308. The van der Waals surface area contributed by atoms with Crippen LogP contribution < -0.4 is 15.5 Å². The third-order valence-electron chi connectivity index (χ3n) is 6.13. The van der Waals surface area contributed by atoms with Gasteiger partial charge in [-0.3, -0.25) is 4.79 Å². The maximum absolute atomic E-state index is 14.3. The number of hydrogen-bond donors (Lipinski definition) is 2. The highest BCUT2D eigenvalue weighted by Crippen LogP contribution is 2.27. The van der Waals surface area contributed by atoms with E-state index < -0.39 is 5.82 Å². The molecule has 0 aliphatic carbocycles. The zero-order valence-electron chi connectivity index (χ0n) is 19.3. The summed E-state index contributed by atoms with van der Waals surface area (Å²) in [6.07, 6.45) is 5.84. The van der Waals surface area contributed by atoms with Crippen molar-refractivity contribution in [3.8, 4) is 0 Å². The smallest absolute Gasteiger partial charge is 0.274 e. The first-order valence-electron chi connectivity index (χ1n) is 11.5. The van der Waals surface area contributed by atoms with Crippen molar-refractivity contribution in [2.24, 2.45) is 0 Å². The Balaban J connectivity index is 1.52. The van der Waals surface area contributed by atoms with E-state index in [1.54, 1.807) is 24.3 Å². The Morgan fingerprint density at radius 3 is 2.56 bits per heavy atom. The molecule has 1 saturated heterocycles. The molecule has 0 saturated carbocycles. The number of carbonyl (C=O) groups is 1. The number of pyridine rings is 1. The summed E-state index contributed by atoms with van der Waals surface area (Å²) in [6.45, 7) is 9.76. The monoisotopic (exact) mass is 465 g/mol. The zero-order valence-corrected chi connectivity index (χ0v) is 19.3. The second kappa shape index (κ2) is 10.6. The van der Waals surface area contributed by atoms with Crippen molar-refractivity contribution in [1.82, 2.24) is 20.5 Å². The van der Waals surface area contributed by atoms with Crippen LogP contribution in [0.2, 0.25) is 0 Å². The van der Waals surface area contributed by atoms with Crippen molar-refractivity contribution < 1.29 is 13.6 Å². The molecule has 1 aromatic carbocycles. The molecule has 0 bridgehead atoms. The lowest BCUT2D eigenvalue weighted by Gasteiger charge is -2.32. The topological polar surface area (TPSA) is 60.5 Å². The van der Waals surface area contributed by atoms with E-state index in [0.29, 0.717) is 35.6 Å². The van der Waals surface area contributed by atoms with Gasteiger partial charge < -0.3 is 20.4 Å². The zero-order chi connectivity index (χ0) is 24.1. The first-order valence-corrected chi connectivity index (χ1v) is 11.5. The van der Waals surface area contributed by atoms with Gasteiger partial charge in [0.2, 0.25) is 0 Å². The van der Waals surface area contributed by atoms with E-state index in [0.717, 1.165) is 37.9 Å². The van der Waals surface area contributed by atoms with Crippen LogP contribution in [0.3, 0.4) is 0 Å². The molecule has 1 fully saturated rings. The number of fused-ring (bicyclic) bond motifs is 1. The molecule has 34 heavy (non-hydrogen) atoms. The lowest BCUT2D eigenvalue weighted by Crippen LogP contribution is -2.44. The van der Waals surface area contributed by atoms with Crippen molar-refractivity contribution in [1.29, 1.82) is 0 Å². The first-order chi connectivity index (χ1) is 16.5. The van der Waals surface area contributed by atoms with Gasteiger partial charge in [-0.05, 0) is 49.2 Å². The first kappa shape index (κ1) is 23.6. The van der Waals surface area contributed by atoms with Gasteiger partial charge in [0.05, 0.1) is 11.4 Å². The van der Waals surface area contributed by atoms with E-state index in [1.165, 1.54) is 6.07 Å². The molecule has 2 aromatic rings. The summed E-state index contributed by atoms with van der Waals surface area (Å²) in [5.74, 6) is -0.603. The van der Waals surface area contributed by atoms with E-state index in [4.69, 9.17) is 0 Å². The molecule has 0 radical (unpaired) electrons. The van der Waals surface area contributed by atoms with Gasteiger partial charge in [-0.2, -0.15) is 0 Å². The molecule has 8 heteroatoms. The van der Waals surface area contributed by atoms with Crippen LogP contribution in [0.1, 0.15) is 28.5 Å². The molecule has 3 heterocycles. The Morgan fingerprint density at radius 1 is 1.12 bits per heavy atom. The molecular formula is C26H29F2N5O. The predicted octanol–water partition coefficient (Wildman–Crippen LogP) is 3.53. The lowest BCUT2D eigenvalue weighted by molar-refractivity contribution is 0.0959. The van der Waals surface area contributed by atoms with Crippen LogP contribution in [-0.4, -0.2) is 48.5 Å². The highest BCUT2D eigenvalue weighted by Gasteiger charge is 2.24. The number of piperazine rings is 1. The van der Waals surface area contributed by atoms with Crippen LogP contribution in [-0.2, 0) is 13.0 Å². The summed E-state index contributed by atoms with van der Waals surface area (Å²) in [5.41, 5.74) is 2.59. The molecule has 1 aromatic heterocycles. The van der Waals surface area contributed by atoms with E-state index in [1.807, 2.05) is 24.0 Å². The number of aromatic nitrogens is 1. The summed E-state index contributed by atoms with van der Waals surface area (Å²) < 4.78 is 28.4. The maximum atomic E-state index is 14.3. The maximum Gasteiger partial charge on any atom is 0.274 e. The fourth-order valence-electron chi connectivity index (χ4n) is 4.37. The van der Waals surface area contributed by atoms with Crippen LogP contribution in [0.4, 0.5) is 14.6 Å². The van der Waals surface area contributed by atoms with E-state index >= 15 is 0 Å². The fourth-order valence-corrected chi connectivity index (χ4v) is 4.37. The minimum atomic E-state index is -0.429. The lowest BCUT2D eigenvalue weighted by atomic mass is 9.98. The number of rotatable bonds is 6. The molecule has 178 valence electrons. The van der Waals surface area contributed by atoms with Gasteiger partial charge in [-0.1, -0.05) is 24.8 Å². The Labute approximate surface area is 198 Å². The average molecular weight is 466 g/mol. The molecule has 0 spiro atoms. The molecule has 4 rings (SSSR count). The van der Waals surface area contributed by atoms with Gasteiger partial charge in [0.15, 0.2) is 0 Å². The van der Waals surface area contributed by atoms with Crippen LogP contribution in [0.25, 0.3) is 0 Å². The Hall–Kier alpha value is -3.52. The van der Waals surface area contributed by atoms with E-state index in [2.05, 4.69) is 27.1 Å². The highest BCUT2D eigenvalue weighted by molar-refractivity contribution is 5.94. The second-order valence-electron chi connectivity index (χ2n) is 8.22. The van der Waals surface area contributed by atoms with Gasteiger partial charge in [-0.15, -0.1) is 0 Å². The van der Waals surface area contributed by atoms with Crippen molar-refractivity contribution in [2.75, 3.05) is 37.6 Å². The van der Waals surface area contributed by atoms with E-state index in [9.17, 15) is 13.6 Å². The van der Waals surface area contributed by atoms with Crippen molar-refractivity contribution in [2.45, 2.75) is 19.9 Å². The highest BCUT2D eigenvalue weighted by atomic mass is 19.1. The summed E-state index contributed by atoms with van der Waals surface area (Å²) in [7, 11) is 0. The van der Waals surface area contributed by atoms with E-state index in [-0.39, 0.29) is 24.0 Å². The van der Waals surface area contributed by atoms with Gasteiger partial charge >= 0.3 is 0 Å². The molecular weight excluding hydrogens is 436 g/mol. The second-order valence-corrected chi connectivity index (χ2v) is 8.22. The molecule has 1 amide bonds. The Morgan fingerprint density at radius 2 is 1.85 bits per heavy atom. The van der Waals surface area contributed by atoms with Crippen LogP contribution >= 0.6 is 0 Å². The molecule has 2 aliphatic heterocycles. The van der Waals surface area contributed by atoms with Gasteiger partial charge in [0.1, 0.15) is 23.1 Å². The number of hydrogen-bond acceptors (Lipinski definition) is 5. The number of allylic oxidation sites excluding steroid dienone is 3. The van der Waals surface area contributed by atoms with Crippen LogP contribution in [0.15, 0.2) is 66.5 Å². The number of benzene rings is 1. The van der Waals surface area contributed by atoms with Crippen LogP contribution in [0, 0.1) is 11.6 Å². The quantitative estimate of drug-likeness (QED) is 0.640. The molecule has 2 N–H and O–H groups in total. The van der Waals surface area contributed by atoms with Gasteiger partial charge in [-0.25, -0.2) is 13.8 Å². The SMILES string of the molecule is C=C/C=C(\C(=C/C)NC(=O)c1cccc(N2CCc3c(F)ccc(F)c3C2)n1)N1CCNCC1. The minimum absolute atomic E-state index is 0.201. The number of nitrogens with zero attached hydrogens (tertiary/aromatic N) is 3. The standard InChI is InChI=1S/C26H29F2N5O/c1-3-6-24(32-15-12-29-13-16-32)22(4-2)31-26(34)23-7-5-8-25(30-23)33-14-11-18-19(17-33)21(28)10-9-20(18)27/h3-10,29H,1,11-17H2,2H3,(H,31,34)/b22-4+,24-6+.